The summed E-state index contributed by atoms with van der Waals surface area (Å²) in [5.74, 6) is 2.34. The van der Waals surface area contributed by atoms with E-state index >= 15 is 0 Å². The average Bonchev–Trinajstić information content (AvgIpc) is 3.31. The molecule has 1 aromatic carbocycles. The zero-order valence-electron chi connectivity index (χ0n) is 15.3. The van der Waals surface area contributed by atoms with E-state index < -0.39 is 0 Å². The minimum absolute atomic E-state index is 0.106. The molecule has 2 aromatic heterocycles. The molecule has 3 atom stereocenters. The summed E-state index contributed by atoms with van der Waals surface area (Å²) in [7, 11) is 0. The van der Waals surface area contributed by atoms with E-state index in [4.69, 9.17) is 9.97 Å². The van der Waals surface area contributed by atoms with Gasteiger partial charge in [-0.25, -0.2) is 9.97 Å². The maximum atomic E-state index is 4.74. The Balaban J connectivity index is 1.81. The van der Waals surface area contributed by atoms with Crippen LogP contribution in [0.4, 0.5) is 22.3 Å². The van der Waals surface area contributed by atoms with Crippen molar-refractivity contribution in [1.82, 2.24) is 9.97 Å². The smallest absolute Gasteiger partial charge is 0.179 e. The van der Waals surface area contributed by atoms with Crippen molar-refractivity contribution in [3.05, 3.63) is 59.7 Å². The van der Waals surface area contributed by atoms with Gasteiger partial charge < -0.3 is 4.90 Å². The molecule has 2 aliphatic heterocycles. The normalized spacial score (nSPS) is 26.4. The van der Waals surface area contributed by atoms with Crippen molar-refractivity contribution in [3.63, 3.8) is 0 Å². The molecule has 132 valence electrons. The third kappa shape index (κ3) is 1.89. The Hall–Kier alpha value is -2.40. The number of rotatable bonds is 2. The quantitative estimate of drug-likeness (QED) is 0.605. The highest BCUT2D eigenvalue weighted by Gasteiger charge is 2.53. The van der Waals surface area contributed by atoms with Crippen LogP contribution in [0.3, 0.4) is 0 Å². The van der Waals surface area contributed by atoms with Crippen LogP contribution in [-0.2, 0) is 5.41 Å². The van der Waals surface area contributed by atoms with Crippen LogP contribution in [0, 0.1) is 5.92 Å². The zero-order chi connectivity index (χ0) is 17.9. The summed E-state index contributed by atoms with van der Waals surface area (Å²) in [5.41, 5.74) is 2.78. The SMILES string of the molecule is CCC1(C)c2ccccc2N2c3nccnc3N(c3cccs3)C2C1C. The van der Waals surface area contributed by atoms with Gasteiger partial charge in [0.05, 0.1) is 5.00 Å². The van der Waals surface area contributed by atoms with Gasteiger partial charge in [-0.15, -0.1) is 11.3 Å². The number of aromatic nitrogens is 2. The van der Waals surface area contributed by atoms with Crippen LogP contribution in [0.2, 0.25) is 0 Å². The van der Waals surface area contributed by atoms with Crippen molar-refractivity contribution >= 4 is 33.7 Å². The van der Waals surface area contributed by atoms with Gasteiger partial charge in [0.15, 0.2) is 11.6 Å². The predicted octanol–water partition coefficient (Wildman–Crippen LogP) is 5.47. The standard InChI is InChI=1S/C21H22N4S/c1-4-21(3)14(2)20-24(16-9-6-5-8-15(16)21)18-19(23-12-11-22-18)25(20)17-10-7-13-26-17/h5-14,20H,4H2,1-3H3. The molecule has 0 saturated heterocycles. The van der Waals surface area contributed by atoms with Gasteiger partial charge in [-0.3, -0.25) is 4.90 Å². The molecule has 5 rings (SSSR count). The number of fused-ring (bicyclic) bond motifs is 5. The molecule has 0 saturated carbocycles. The van der Waals surface area contributed by atoms with Crippen molar-refractivity contribution in [1.29, 1.82) is 0 Å². The molecule has 5 heteroatoms. The van der Waals surface area contributed by atoms with Crippen LogP contribution in [-0.4, -0.2) is 16.1 Å². The molecule has 0 aliphatic carbocycles. The zero-order valence-corrected chi connectivity index (χ0v) is 16.1. The highest BCUT2D eigenvalue weighted by Crippen LogP contribution is 2.57. The van der Waals surface area contributed by atoms with Gasteiger partial charge >= 0.3 is 0 Å². The van der Waals surface area contributed by atoms with Crippen LogP contribution in [0.5, 0.6) is 0 Å². The van der Waals surface area contributed by atoms with E-state index in [1.54, 1.807) is 23.7 Å². The number of thiophene rings is 1. The summed E-state index contributed by atoms with van der Waals surface area (Å²) in [5, 5.41) is 3.36. The van der Waals surface area contributed by atoms with Crippen LogP contribution in [0.15, 0.2) is 54.2 Å². The van der Waals surface area contributed by atoms with Crippen molar-refractivity contribution in [2.45, 2.75) is 38.8 Å². The minimum Gasteiger partial charge on any atom is -0.301 e. The topological polar surface area (TPSA) is 32.3 Å². The summed E-state index contributed by atoms with van der Waals surface area (Å²) in [4.78, 5) is 14.3. The number of hydrogen-bond donors (Lipinski definition) is 0. The Labute approximate surface area is 158 Å². The Morgan fingerprint density at radius 2 is 1.77 bits per heavy atom. The summed E-state index contributed by atoms with van der Waals surface area (Å²) in [6, 6.07) is 13.1. The fraction of sp³-hybridized carbons (Fsp3) is 0.333. The first-order valence-corrected chi connectivity index (χ1v) is 10.1. The van der Waals surface area contributed by atoms with E-state index in [2.05, 4.69) is 72.3 Å². The maximum absolute atomic E-state index is 4.74. The third-order valence-electron chi connectivity index (χ3n) is 6.35. The highest BCUT2D eigenvalue weighted by atomic mass is 32.1. The van der Waals surface area contributed by atoms with Gasteiger partial charge in [0, 0.05) is 29.4 Å². The second-order valence-electron chi connectivity index (χ2n) is 7.39. The molecule has 2 aliphatic rings. The predicted molar refractivity (Wildman–Crippen MR) is 108 cm³/mol. The van der Waals surface area contributed by atoms with Crippen molar-refractivity contribution in [2.24, 2.45) is 5.92 Å². The largest absolute Gasteiger partial charge is 0.301 e. The monoisotopic (exact) mass is 362 g/mol. The molecule has 3 aromatic rings. The van der Waals surface area contributed by atoms with Gasteiger partial charge in [-0.05, 0) is 35.6 Å². The molecule has 0 bridgehead atoms. The van der Waals surface area contributed by atoms with E-state index in [1.807, 2.05) is 0 Å². The van der Waals surface area contributed by atoms with Crippen molar-refractivity contribution in [3.8, 4) is 0 Å². The lowest BCUT2D eigenvalue weighted by atomic mass is 9.66. The molecular formula is C21H22N4S. The van der Waals surface area contributed by atoms with Crippen LogP contribution in [0.25, 0.3) is 0 Å². The van der Waals surface area contributed by atoms with Crippen LogP contribution in [0.1, 0.15) is 32.8 Å². The molecular weight excluding hydrogens is 340 g/mol. The first-order chi connectivity index (χ1) is 12.7. The number of hydrogen-bond acceptors (Lipinski definition) is 5. The van der Waals surface area contributed by atoms with Crippen molar-refractivity contribution < 1.29 is 0 Å². The van der Waals surface area contributed by atoms with Crippen LogP contribution >= 0.6 is 11.3 Å². The van der Waals surface area contributed by atoms with Gasteiger partial charge in [0.1, 0.15) is 6.17 Å². The molecule has 0 N–H and O–H groups in total. The lowest BCUT2D eigenvalue weighted by Crippen LogP contribution is -2.54. The number of anilines is 4. The minimum atomic E-state index is 0.106. The maximum Gasteiger partial charge on any atom is 0.179 e. The molecule has 0 amide bonds. The van der Waals surface area contributed by atoms with E-state index in [0.717, 1.165) is 18.1 Å². The fourth-order valence-corrected chi connectivity index (χ4v) is 5.39. The highest BCUT2D eigenvalue weighted by molar-refractivity contribution is 7.14. The molecule has 4 heterocycles. The molecule has 4 nitrogen and oxygen atoms in total. The van der Waals surface area contributed by atoms with E-state index in [1.165, 1.54) is 16.3 Å². The van der Waals surface area contributed by atoms with Gasteiger partial charge in [-0.1, -0.05) is 39.0 Å². The van der Waals surface area contributed by atoms with Crippen LogP contribution < -0.4 is 9.80 Å². The van der Waals surface area contributed by atoms with Gasteiger partial charge in [-0.2, -0.15) is 0 Å². The molecule has 3 unspecified atom stereocenters. The number of para-hydroxylation sites is 1. The lowest BCUT2D eigenvalue weighted by Gasteiger charge is -2.50. The Bertz CT molecular complexity index is 954. The van der Waals surface area contributed by atoms with E-state index in [0.29, 0.717) is 5.92 Å². The van der Waals surface area contributed by atoms with Gasteiger partial charge in [0.2, 0.25) is 0 Å². The fourth-order valence-electron chi connectivity index (χ4n) is 4.63. The van der Waals surface area contributed by atoms with Crippen molar-refractivity contribution in [2.75, 3.05) is 9.80 Å². The number of benzene rings is 1. The first kappa shape index (κ1) is 15.8. The second kappa shape index (κ2) is 5.55. The molecule has 0 fully saturated rings. The second-order valence-corrected chi connectivity index (χ2v) is 8.31. The third-order valence-corrected chi connectivity index (χ3v) is 7.22. The summed E-state index contributed by atoms with van der Waals surface area (Å²) in [6.07, 6.45) is 4.89. The molecule has 0 spiro atoms. The van der Waals surface area contributed by atoms with Gasteiger partial charge in [0.25, 0.3) is 0 Å². The Kier molecular flexibility index (Phi) is 3.38. The average molecular weight is 363 g/mol. The van der Waals surface area contributed by atoms with E-state index in [-0.39, 0.29) is 11.6 Å². The Morgan fingerprint density at radius 1 is 1.04 bits per heavy atom. The summed E-state index contributed by atoms with van der Waals surface area (Å²) >= 11 is 1.76. The lowest BCUT2D eigenvalue weighted by molar-refractivity contribution is 0.249. The summed E-state index contributed by atoms with van der Waals surface area (Å²) < 4.78 is 0. The first-order valence-electron chi connectivity index (χ1n) is 9.19. The number of nitrogens with zero attached hydrogens (tertiary/aromatic N) is 4. The van der Waals surface area contributed by atoms with E-state index in [9.17, 15) is 0 Å². The summed E-state index contributed by atoms with van der Waals surface area (Å²) in [6.45, 7) is 7.09. The molecule has 0 radical (unpaired) electrons. The Morgan fingerprint density at radius 3 is 2.46 bits per heavy atom. The molecule has 26 heavy (non-hydrogen) atoms.